The van der Waals surface area contributed by atoms with E-state index in [1.54, 1.807) is 12.3 Å². The second-order valence-electron chi connectivity index (χ2n) is 8.25. The lowest BCUT2D eigenvalue weighted by atomic mass is 10.0. The fourth-order valence-corrected chi connectivity index (χ4v) is 4.13. The number of fused-ring (bicyclic) bond motifs is 2. The maximum atomic E-state index is 13.9. The number of pyridine rings is 1. The molecule has 0 bridgehead atoms. The van der Waals surface area contributed by atoms with Crippen molar-refractivity contribution in [2.75, 3.05) is 16.8 Å². The summed E-state index contributed by atoms with van der Waals surface area (Å²) in [7, 11) is 0. The number of hydrogen-bond acceptors (Lipinski definition) is 4. The highest BCUT2D eigenvalue weighted by Crippen LogP contribution is 2.33. The lowest BCUT2D eigenvalue weighted by Gasteiger charge is -2.29. The Morgan fingerprint density at radius 3 is 2.62 bits per heavy atom. The van der Waals surface area contributed by atoms with Crippen LogP contribution in [0.15, 0.2) is 60.8 Å². The number of carbonyl (C=O) groups excluding carboxylic acids is 2. The number of benzene rings is 2. The van der Waals surface area contributed by atoms with E-state index in [-0.39, 0.29) is 24.4 Å². The van der Waals surface area contributed by atoms with Crippen molar-refractivity contribution >= 4 is 34.2 Å². The zero-order valence-corrected chi connectivity index (χ0v) is 18.2. The summed E-state index contributed by atoms with van der Waals surface area (Å²) >= 11 is 0. The van der Waals surface area contributed by atoms with Crippen LogP contribution in [0.1, 0.15) is 35.8 Å². The van der Waals surface area contributed by atoms with Crippen LogP contribution in [0.3, 0.4) is 0 Å². The summed E-state index contributed by atoms with van der Waals surface area (Å²) in [6, 6.07) is 17.2. The molecule has 0 saturated heterocycles. The summed E-state index contributed by atoms with van der Waals surface area (Å²) in [5, 5.41) is 8.01. The molecular weight excluding hydrogens is 402 g/mol. The normalized spacial score (nSPS) is 13.4. The van der Waals surface area contributed by atoms with Crippen molar-refractivity contribution in [3.63, 3.8) is 0 Å². The van der Waals surface area contributed by atoms with Gasteiger partial charge in [0.15, 0.2) is 5.65 Å². The van der Waals surface area contributed by atoms with Crippen LogP contribution < -0.4 is 10.2 Å². The molecule has 7 heteroatoms. The Balaban J connectivity index is 1.73. The van der Waals surface area contributed by atoms with E-state index in [9.17, 15) is 9.59 Å². The minimum absolute atomic E-state index is 0.0440. The summed E-state index contributed by atoms with van der Waals surface area (Å²) in [6.07, 6.45) is 1.69. The van der Waals surface area contributed by atoms with E-state index in [2.05, 4.69) is 10.4 Å². The molecule has 0 radical (unpaired) electrons. The van der Waals surface area contributed by atoms with E-state index in [0.717, 1.165) is 11.1 Å². The third-order valence-corrected chi connectivity index (χ3v) is 5.72. The van der Waals surface area contributed by atoms with Gasteiger partial charge in [0.1, 0.15) is 6.54 Å². The SMILES string of the molecule is Cc1ccccc1-c1cc(C(=O)N2CC(=O)Nc3ccccc32)c2cnn(C(C)C)c2n1. The molecule has 0 aliphatic carbocycles. The van der Waals surface area contributed by atoms with Gasteiger partial charge >= 0.3 is 0 Å². The Morgan fingerprint density at radius 2 is 1.84 bits per heavy atom. The maximum absolute atomic E-state index is 13.9. The van der Waals surface area contributed by atoms with E-state index in [1.165, 1.54) is 4.90 Å². The van der Waals surface area contributed by atoms with Gasteiger partial charge in [-0.1, -0.05) is 36.4 Å². The lowest BCUT2D eigenvalue weighted by molar-refractivity contribution is -0.115. The third-order valence-electron chi connectivity index (χ3n) is 5.72. The number of para-hydroxylation sites is 2. The number of hydrogen-bond donors (Lipinski definition) is 1. The van der Waals surface area contributed by atoms with Crippen LogP contribution in [0.25, 0.3) is 22.3 Å². The molecule has 0 spiro atoms. The summed E-state index contributed by atoms with van der Waals surface area (Å²) < 4.78 is 1.82. The van der Waals surface area contributed by atoms with Gasteiger partial charge in [-0.25, -0.2) is 9.67 Å². The molecule has 7 nitrogen and oxygen atoms in total. The number of aromatic nitrogens is 3. The largest absolute Gasteiger partial charge is 0.323 e. The number of carbonyl (C=O) groups is 2. The van der Waals surface area contributed by atoms with Crippen molar-refractivity contribution in [3.8, 4) is 11.3 Å². The van der Waals surface area contributed by atoms with E-state index in [0.29, 0.717) is 33.7 Å². The van der Waals surface area contributed by atoms with Gasteiger partial charge in [0.05, 0.1) is 34.2 Å². The Labute approximate surface area is 185 Å². The van der Waals surface area contributed by atoms with Gasteiger partial charge in [0, 0.05) is 11.6 Å². The molecular formula is C25H23N5O2. The summed E-state index contributed by atoms with van der Waals surface area (Å²) in [4.78, 5) is 32.6. The molecule has 0 atom stereocenters. The van der Waals surface area contributed by atoms with Crippen LogP contribution >= 0.6 is 0 Å². The highest BCUT2D eigenvalue weighted by Gasteiger charge is 2.30. The van der Waals surface area contributed by atoms with Gasteiger partial charge in [-0.3, -0.25) is 14.5 Å². The average molecular weight is 425 g/mol. The van der Waals surface area contributed by atoms with Gasteiger partial charge in [0.2, 0.25) is 5.91 Å². The van der Waals surface area contributed by atoms with Crippen molar-refractivity contribution in [2.45, 2.75) is 26.8 Å². The molecule has 1 aliphatic rings. The molecule has 32 heavy (non-hydrogen) atoms. The lowest BCUT2D eigenvalue weighted by Crippen LogP contribution is -2.42. The molecule has 0 unspecified atom stereocenters. The van der Waals surface area contributed by atoms with Crippen LogP contribution in [0.4, 0.5) is 11.4 Å². The molecule has 2 aromatic heterocycles. The second-order valence-corrected chi connectivity index (χ2v) is 8.25. The maximum Gasteiger partial charge on any atom is 0.259 e. The first-order valence-electron chi connectivity index (χ1n) is 10.6. The van der Waals surface area contributed by atoms with Gasteiger partial charge in [-0.2, -0.15) is 5.10 Å². The first kappa shape index (κ1) is 19.9. The second kappa shape index (κ2) is 7.60. The van der Waals surface area contributed by atoms with E-state index >= 15 is 0 Å². The van der Waals surface area contributed by atoms with Crippen molar-refractivity contribution in [1.29, 1.82) is 0 Å². The predicted molar refractivity (Wildman–Crippen MR) is 125 cm³/mol. The molecule has 0 fully saturated rings. The van der Waals surface area contributed by atoms with Crippen LogP contribution in [0.2, 0.25) is 0 Å². The molecule has 1 aliphatic heterocycles. The first-order valence-corrected chi connectivity index (χ1v) is 10.6. The number of anilines is 2. The van der Waals surface area contributed by atoms with Crippen LogP contribution in [-0.4, -0.2) is 33.1 Å². The van der Waals surface area contributed by atoms with Crippen LogP contribution in [0.5, 0.6) is 0 Å². The molecule has 0 saturated carbocycles. The summed E-state index contributed by atoms with van der Waals surface area (Å²) in [5.41, 5.74) is 5.16. The Kier molecular flexibility index (Phi) is 4.74. The molecule has 4 aromatic rings. The Bertz CT molecular complexity index is 1370. The van der Waals surface area contributed by atoms with E-state index in [4.69, 9.17) is 4.98 Å². The molecule has 5 rings (SSSR count). The summed E-state index contributed by atoms with van der Waals surface area (Å²) in [6.45, 7) is 6.04. The Hall–Kier alpha value is -4.00. The monoisotopic (exact) mass is 425 g/mol. The zero-order valence-electron chi connectivity index (χ0n) is 18.2. The molecule has 2 aromatic carbocycles. The predicted octanol–water partition coefficient (Wildman–Crippen LogP) is 4.59. The van der Waals surface area contributed by atoms with Gasteiger partial charge in [-0.05, 0) is 44.5 Å². The van der Waals surface area contributed by atoms with Gasteiger partial charge in [0.25, 0.3) is 5.91 Å². The van der Waals surface area contributed by atoms with Crippen molar-refractivity contribution in [3.05, 3.63) is 71.9 Å². The molecule has 2 amide bonds. The van der Waals surface area contributed by atoms with Crippen LogP contribution in [-0.2, 0) is 4.79 Å². The number of aryl methyl sites for hydroxylation is 1. The quantitative estimate of drug-likeness (QED) is 0.521. The molecule has 160 valence electrons. The highest BCUT2D eigenvalue weighted by molar-refractivity contribution is 6.19. The standard InChI is InChI=1S/C25H23N5O2/c1-15(2)30-24-19(13-26-30)18(12-21(28-24)17-9-5-4-8-16(17)3)25(32)29-14-23(31)27-20-10-6-7-11-22(20)29/h4-13,15H,14H2,1-3H3,(H,27,31). The van der Waals surface area contributed by atoms with E-state index < -0.39 is 0 Å². The number of rotatable bonds is 3. The third kappa shape index (κ3) is 3.22. The Morgan fingerprint density at radius 1 is 1.09 bits per heavy atom. The number of nitrogens with zero attached hydrogens (tertiary/aromatic N) is 4. The van der Waals surface area contributed by atoms with Gasteiger partial charge < -0.3 is 5.32 Å². The fraction of sp³-hybridized carbons (Fsp3) is 0.200. The molecule has 1 N–H and O–H groups in total. The van der Waals surface area contributed by atoms with Crippen molar-refractivity contribution in [1.82, 2.24) is 14.8 Å². The minimum Gasteiger partial charge on any atom is -0.323 e. The van der Waals surface area contributed by atoms with Crippen LogP contribution in [0, 0.1) is 6.92 Å². The summed E-state index contributed by atoms with van der Waals surface area (Å²) in [5.74, 6) is -0.475. The number of nitrogens with one attached hydrogen (secondary N) is 1. The van der Waals surface area contributed by atoms with E-state index in [1.807, 2.05) is 74.0 Å². The molecule has 3 heterocycles. The van der Waals surface area contributed by atoms with Crippen molar-refractivity contribution < 1.29 is 9.59 Å². The van der Waals surface area contributed by atoms with Crippen molar-refractivity contribution in [2.24, 2.45) is 0 Å². The topological polar surface area (TPSA) is 80.1 Å². The average Bonchev–Trinajstić information content (AvgIpc) is 3.22. The fourth-order valence-electron chi connectivity index (χ4n) is 4.13. The first-order chi connectivity index (χ1) is 15.4. The zero-order chi connectivity index (χ0) is 22.4. The smallest absolute Gasteiger partial charge is 0.259 e. The highest BCUT2D eigenvalue weighted by atomic mass is 16.2. The number of amides is 2. The minimum atomic E-state index is -0.252. The van der Waals surface area contributed by atoms with Gasteiger partial charge in [-0.15, -0.1) is 0 Å².